The minimum absolute atomic E-state index is 0.0521. The summed E-state index contributed by atoms with van der Waals surface area (Å²) in [7, 11) is 0. The van der Waals surface area contributed by atoms with Gasteiger partial charge in [0, 0.05) is 17.7 Å². The first kappa shape index (κ1) is 10.7. The maximum atomic E-state index is 10.5. The molecule has 0 aliphatic rings. The fraction of sp³-hybridized carbons (Fsp3) is 0.100. The summed E-state index contributed by atoms with van der Waals surface area (Å²) >= 11 is 0. The van der Waals surface area contributed by atoms with Crippen LogP contribution < -0.4 is 5.73 Å². The number of nitrogens with zero attached hydrogens (tertiary/aromatic N) is 1. The molecule has 76 valence electrons. The number of nitrogens with two attached hydrogens (primary N) is 1. The lowest BCUT2D eigenvalue weighted by Gasteiger charge is -1.95. The van der Waals surface area contributed by atoms with Crippen molar-refractivity contribution in [1.82, 2.24) is 0 Å². The quantitative estimate of drug-likeness (QED) is 0.415. The monoisotopic (exact) mass is 204 g/mol. The number of benzene rings is 1. The largest absolute Gasteiger partial charge is 0.359 e. The molecule has 0 spiro atoms. The molecule has 1 amide bonds. The van der Waals surface area contributed by atoms with Gasteiger partial charge in [-0.2, -0.15) is 0 Å². The van der Waals surface area contributed by atoms with Crippen molar-refractivity contribution >= 4 is 11.6 Å². The van der Waals surface area contributed by atoms with Crippen LogP contribution in [-0.4, -0.2) is 10.8 Å². The molecule has 1 aromatic rings. The van der Waals surface area contributed by atoms with E-state index in [2.05, 4.69) is 11.8 Å². The Kier molecular flexibility index (Phi) is 3.03. The molecule has 0 fully saturated rings. The van der Waals surface area contributed by atoms with Crippen molar-refractivity contribution in [2.24, 2.45) is 5.73 Å². The minimum atomic E-state index is -0.765. The molecule has 5 nitrogen and oxygen atoms in total. The maximum absolute atomic E-state index is 10.5. The molecule has 1 aromatic carbocycles. The first-order chi connectivity index (χ1) is 6.99. The van der Waals surface area contributed by atoms with Gasteiger partial charge in [-0.05, 0) is 24.5 Å². The molecule has 5 heteroatoms. The van der Waals surface area contributed by atoms with Crippen LogP contribution in [0.1, 0.15) is 11.1 Å². The fourth-order valence-corrected chi connectivity index (χ4v) is 1.07. The highest BCUT2D eigenvalue weighted by Crippen LogP contribution is 2.15. The second-order valence-corrected chi connectivity index (χ2v) is 2.93. The van der Waals surface area contributed by atoms with Gasteiger partial charge in [-0.3, -0.25) is 14.9 Å². The van der Waals surface area contributed by atoms with Crippen molar-refractivity contribution < 1.29 is 9.72 Å². The summed E-state index contributed by atoms with van der Waals surface area (Å²) in [5.74, 6) is 3.81. The van der Waals surface area contributed by atoms with Crippen LogP contribution in [0.2, 0.25) is 0 Å². The second kappa shape index (κ2) is 4.24. The van der Waals surface area contributed by atoms with E-state index in [1.54, 1.807) is 13.0 Å². The van der Waals surface area contributed by atoms with Gasteiger partial charge < -0.3 is 5.73 Å². The van der Waals surface area contributed by atoms with Gasteiger partial charge in [0.25, 0.3) is 11.6 Å². The number of hydrogen-bond acceptors (Lipinski definition) is 3. The summed E-state index contributed by atoms with van der Waals surface area (Å²) in [5, 5.41) is 10.5. The molecule has 0 aromatic heterocycles. The summed E-state index contributed by atoms with van der Waals surface area (Å²) in [6, 6.07) is 4.36. The number of carbonyl (C=O) groups is 1. The van der Waals surface area contributed by atoms with Gasteiger partial charge in [0.2, 0.25) is 0 Å². The molecule has 2 N–H and O–H groups in total. The lowest BCUT2D eigenvalue weighted by atomic mass is 10.1. The number of aryl methyl sites for hydroxylation is 1. The van der Waals surface area contributed by atoms with Crippen LogP contribution in [0.5, 0.6) is 0 Å². The van der Waals surface area contributed by atoms with Gasteiger partial charge in [0.15, 0.2) is 0 Å². The Labute approximate surface area is 86.0 Å². The first-order valence-electron chi connectivity index (χ1n) is 4.06. The molecule has 0 aliphatic carbocycles. The normalized spacial score (nSPS) is 8.87. The number of hydrogen-bond donors (Lipinski definition) is 1. The number of nitro groups is 1. The van der Waals surface area contributed by atoms with E-state index in [1.165, 1.54) is 12.1 Å². The number of carbonyl (C=O) groups excluding carboxylic acids is 1. The highest BCUT2D eigenvalue weighted by molar-refractivity contribution is 5.92. The molecule has 0 saturated carbocycles. The van der Waals surface area contributed by atoms with Crippen LogP contribution in [0.4, 0.5) is 5.69 Å². The summed E-state index contributed by atoms with van der Waals surface area (Å²) in [4.78, 5) is 20.4. The van der Waals surface area contributed by atoms with Crippen LogP contribution >= 0.6 is 0 Å². The Morgan fingerprint density at radius 2 is 2.13 bits per heavy atom. The van der Waals surface area contributed by atoms with Crippen molar-refractivity contribution in [1.29, 1.82) is 0 Å². The number of primary amides is 1. The molecule has 0 radical (unpaired) electrons. The third kappa shape index (κ3) is 3.12. The number of non-ortho nitro benzene ring substituents is 1. The van der Waals surface area contributed by atoms with Crippen LogP contribution in [0, 0.1) is 28.9 Å². The Balaban J connectivity index is 3.17. The van der Waals surface area contributed by atoms with E-state index < -0.39 is 10.8 Å². The fourth-order valence-electron chi connectivity index (χ4n) is 1.07. The molecule has 0 bridgehead atoms. The average molecular weight is 204 g/mol. The SMILES string of the molecule is Cc1cc(C#CC(N)=O)cc([N+](=O)[O-])c1. The van der Waals surface area contributed by atoms with Gasteiger partial charge in [0.1, 0.15) is 0 Å². The number of amides is 1. The van der Waals surface area contributed by atoms with E-state index in [1.807, 2.05) is 0 Å². The molecule has 0 unspecified atom stereocenters. The average Bonchev–Trinajstić information content (AvgIpc) is 2.13. The Bertz CT molecular complexity index is 483. The van der Waals surface area contributed by atoms with Crippen LogP contribution in [-0.2, 0) is 4.79 Å². The smallest absolute Gasteiger partial charge is 0.293 e. The highest BCUT2D eigenvalue weighted by atomic mass is 16.6. The van der Waals surface area contributed by atoms with Gasteiger partial charge in [-0.15, -0.1) is 0 Å². The third-order valence-electron chi connectivity index (χ3n) is 1.60. The zero-order chi connectivity index (χ0) is 11.4. The van der Waals surface area contributed by atoms with E-state index in [9.17, 15) is 14.9 Å². The molecule has 0 saturated heterocycles. The van der Waals surface area contributed by atoms with Crippen molar-refractivity contribution in [2.75, 3.05) is 0 Å². The summed E-state index contributed by atoms with van der Waals surface area (Å²) < 4.78 is 0. The third-order valence-corrected chi connectivity index (χ3v) is 1.60. The summed E-state index contributed by atoms with van der Waals surface area (Å²) in [6.07, 6.45) is 0. The second-order valence-electron chi connectivity index (χ2n) is 2.93. The molecule has 15 heavy (non-hydrogen) atoms. The molecule has 0 aliphatic heterocycles. The standard InChI is InChI=1S/C10H8N2O3/c1-7-4-8(2-3-10(11)13)6-9(5-7)12(14)15/h4-6H,1H3,(H2,11,13). The topological polar surface area (TPSA) is 86.2 Å². The summed E-state index contributed by atoms with van der Waals surface area (Å²) in [6.45, 7) is 1.71. The lowest BCUT2D eigenvalue weighted by Crippen LogP contribution is -2.06. The van der Waals surface area contributed by atoms with E-state index in [4.69, 9.17) is 5.73 Å². The van der Waals surface area contributed by atoms with Gasteiger partial charge in [-0.25, -0.2) is 0 Å². The molecule has 0 heterocycles. The number of nitro benzene ring substituents is 1. The van der Waals surface area contributed by atoms with E-state index in [0.29, 0.717) is 11.1 Å². The first-order valence-corrected chi connectivity index (χ1v) is 4.06. The van der Waals surface area contributed by atoms with Crippen molar-refractivity contribution in [3.05, 3.63) is 39.4 Å². The van der Waals surface area contributed by atoms with E-state index in [0.717, 1.165) is 0 Å². The Morgan fingerprint density at radius 1 is 1.47 bits per heavy atom. The molecular weight excluding hydrogens is 196 g/mol. The Hall–Kier alpha value is -2.35. The zero-order valence-electron chi connectivity index (χ0n) is 7.98. The van der Waals surface area contributed by atoms with Crippen molar-refractivity contribution in [3.8, 4) is 11.8 Å². The Morgan fingerprint density at radius 3 is 2.67 bits per heavy atom. The highest BCUT2D eigenvalue weighted by Gasteiger charge is 2.06. The van der Waals surface area contributed by atoms with Crippen LogP contribution in [0.3, 0.4) is 0 Å². The molecular formula is C10H8N2O3. The van der Waals surface area contributed by atoms with Crippen LogP contribution in [0.15, 0.2) is 18.2 Å². The van der Waals surface area contributed by atoms with Crippen LogP contribution in [0.25, 0.3) is 0 Å². The van der Waals surface area contributed by atoms with E-state index >= 15 is 0 Å². The number of rotatable bonds is 1. The molecule has 0 atom stereocenters. The van der Waals surface area contributed by atoms with Gasteiger partial charge in [0.05, 0.1) is 4.92 Å². The summed E-state index contributed by atoms with van der Waals surface area (Å²) in [5.41, 5.74) is 5.89. The molecule has 1 rings (SSSR count). The zero-order valence-corrected chi connectivity index (χ0v) is 7.98. The predicted molar refractivity (Wildman–Crippen MR) is 53.9 cm³/mol. The lowest BCUT2D eigenvalue weighted by molar-refractivity contribution is -0.384. The predicted octanol–water partition coefficient (Wildman–Crippen LogP) is 0.740. The van der Waals surface area contributed by atoms with Crippen molar-refractivity contribution in [3.63, 3.8) is 0 Å². The minimum Gasteiger partial charge on any atom is -0.359 e. The maximum Gasteiger partial charge on any atom is 0.293 e. The van der Waals surface area contributed by atoms with E-state index in [-0.39, 0.29) is 5.69 Å². The van der Waals surface area contributed by atoms with Gasteiger partial charge >= 0.3 is 0 Å². The van der Waals surface area contributed by atoms with Gasteiger partial charge in [-0.1, -0.05) is 5.92 Å². The van der Waals surface area contributed by atoms with Crippen molar-refractivity contribution in [2.45, 2.75) is 6.92 Å².